The number of carboxylic acids is 1. The van der Waals surface area contributed by atoms with Crippen molar-refractivity contribution >= 4 is 5.97 Å². The molecule has 0 amide bonds. The molecular formula is C30H33NO6. The smallest absolute Gasteiger partial charge is 0.335 e. The van der Waals surface area contributed by atoms with E-state index in [4.69, 9.17) is 18.7 Å². The number of nitrogens with zero attached hydrogens (tertiary/aromatic N) is 1. The number of aromatic nitrogens is 1. The van der Waals surface area contributed by atoms with Crippen LogP contribution in [0.5, 0.6) is 5.75 Å². The Bertz CT molecular complexity index is 1240. The first-order valence-electron chi connectivity index (χ1n) is 13.1. The molecule has 4 aliphatic rings. The number of rotatable bonds is 9. The summed E-state index contributed by atoms with van der Waals surface area (Å²) in [6.07, 6.45) is 7.35. The number of carbonyl (C=O) groups is 1. The zero-order valence-corrected chi connectivity index (χ0v) is 21.3. The molecule has 4 bridgehead atoms. The molecule has 4 fully saturated rings. The van der Waals surface area contributed by atoms with E-state index in [1.165, 1.54) is 44.1 Å². The molecule has 7 heteroatoms. The molecule has 4 saturated carbocycles. The van der Waals surface area contributed by atoms with Gasteiger partial charge in [-0.05, 0) is 92.0 Å². The van der Waals surface area contributed by atoms with Crippen LogP contribution < -0.4 is 4.74 Å². The quantitative estimate of drug-likeness (QED) is 0.349. The monoisotopic (exact) mass is 503 g/mol. The fourth-order valence-electron chi connectivity index (χ4n) is 7.38. The van der Waals surface area contributed by atoms with E-state index in [1.807, 2.05) is 12.1 Å². The van der Waals surface area contributed by atoms with Crippen LogP contribution in [0.1, 0.15) is 54.4 Å². The predicted molar refractivity (Wildman–Crippen MR) is 137 cm³/mol. The van der Waals surface area contributed by atoms with E-state index in [-0.39, 0.29) is 11.0 Å². The number of hydrogen-bond donors (Lipinski definition) is 1. The van der Waals surface area contributed by atoms with Crippen molar-refractivity contribution in [3.8, 4) is 28.3 Å². The molecule has 0 radical (unpaired) electrons. The number of carboxylic acid groups (broad SMARTS) is 1. The third-order valence-electron chi connectivity index (χ3n) is 8.71. The Morgan fingerprint density at radius 3 is 2.19 bits per heavy atom. The van der Waals surface area contributed by atoms with Crippen molar-refractivity contribution in [2.45, 2.75) is 50.2 Å². The molecule has 1 N–H and O–H groups in total. The normalized spacial score (nSPS) is 26.1. The van der Waals surface area contributed by atoms with Gasteiger partial charge in [0.2, 0.25) is 0 Å². The van der Waals surface area contributed by atoms with Crippen LogP contribution in [0.15, 0.2) is 53.1 Å². The molecule has 0 atom stereocenters. The van der Waals surface area contributed by atoms with Crippen LogP contribution in [0.4, 0.5) is 0 Å². The molecule has 37 heavy (non-hydrogen) atoms. The maximum Gasteiger partial charge on any atom is 0.335 e. The van der Waals surface area contributed by atoms with Crippen molar-refractivity contribution in [2.75, 3.05) is 20.8 Å². The summed E-state index contributed by atoms with van der Waals surface area (Å²) in [7, 11) is 3.25. The molecule has 0 spiro atoms. The van der Waals surface area contributed by atoms with E-state index in [1.54, 1.807) is 38.5 Å². The summed E-state index contributed by atoms with van der Waals surface area (Å²) in [5, 5.41) is 13.5. The summed E-state index contributed by atoms with van der Waals surface area (Å²) in [6.45, 7) is 0.326. The second-order valence-corrected chi connectivity index (χ2v) is 11.1. The maximum atomic E-state index is 11.2. The van der Waals surface area contributed by atoms with Crippen LogP contribution in [0.3, 0.4) is 0 Å². The van der Waals surface area contributed by atoms with Gasteiger partial charge in [-0.2, -0.15) is 0 Å². The molecule has 194 valence electrons. The van der Waals surface area contributed by atoms with E-state index in [9.17, 15) is 9.90 Å². The van der Waals surface area contributed by atoms with Gasteiger partial charge in [0.25, 0.3) is 0 Å². The average molecular weight is 504 g/mol. The maximum absolute atomic E-state index is 11.2. The summed E-state index contributed by atoms with van der Waals surface area (Å²) < 4.78 is 22.7. The van der Waals surface area contributed by atoms with Gasteiger partial charge in [-0.15, -0.1) is 0 Å². The lowest BCUT2D eigenvalue weighted by Crippen LogP contribution is -2.48. The van der Waals surface area contributed by atoms with E-state index in [2.05, 4.69) is 17.3 Å². The highest BCUT2D eigenvalue weighted by Gasteiger charge is 2.52. The highest BCUT2D eigenvalue weighted by molar-refractivity contribution is 5.88. The lowest BCUT2D eigenvalue weighted by atomic mass is 9.48. The third-order valence-corrected chi connectivity index (χ3v) is 8.71. The number of methoxy groups -OCH3 is 2. The van der Waals surface area contributed by atoms with Crippen molar-refractivity contribution in [3.63, 3.8) is 0 Å². The van der Waals surface area contributed by atoms with Crippen molar-refractivity contribution in [2.24, 2.45) is 17.8 Å². The van der Waals surface area contributed by atoms with Gasteiger partial charge < -0.3 is 23.8 Å². The second-order valence-electron chi connectivity index (χ2n) is 11.1. The summed E-state index contributed by atoms with van der Waals surface area (Å²) >= 11 is 0. The summed E-state index contributed by atoms with van der Waals surface area (Å²) in [4.78, 5) is 11.2. The largest absolute Gasteiger partial charge is 0.488 e. The van der Waals surface area contributed by atoms with Crippen molar-refractivity contribution in [3.05, 3.63) is 59.7 Å². The zero-order valence-electron chi connectivity index (χ0n) is 21.3. The molecule has 0 unspecified atom stereocenters. The van der Waals surface area contributed by atoms with Crippen LogP contribution in [0.25, 0.3) is 22.6 Å². The van der Waals surface area contributed by atoms with Gasteiger partial charge in [0.15, 0.2) is 12.1 Å². The molecular weight excluding hydrogens is 470 g/mol. The first-order chi connectivity index (χ1) is 18.0. The minimum Gasteiger partial charge on any atom is -0.488 e. The average Bonchev–Trinajstić information content (AvgIpc) is 3.39. The predicted octanol–water partition coefficient (Wildman–Crippen LogP) is 6.17. The minimum absolute atomic E-state index is 0.134. The number of ether oxygens (including phenoxy) is 3. The van der Waals surface area contributed by atoms with Gasteiger partial charge in [-0.25, -0.2) is 4.79 Å². The standard InChI is InChI=1S/C30H33NO6/c1-34-28(35-2)17-36-26-8-7-23(12-24(26)30-14-18-9-19(15-30)11-20(10-18)16-30)25-13-27(37-31-25)21-3-5-22(6-4-21)29(32)33/h3-8,12-13,18-20,28H,9-11,14-17H2,1-2H3,(H,32,33). The van der Waals surface area contributed by atoms with Gasteiger partial charge in [0.05, 0.1) is 5.56 Å². The molecule has 1 heterocycles. The molecule has 4 aliphatic carbocycles. The zero-order chi connectivity index (χ0) is 25.6. The molecule has 0 aliphatic heterocycles. The van der Waals surface area contributed by atoms with Crippen molar-refractivity contribution < 1.29 is 28.6 Å². The van der Waals surface area contributed by atoms with Gasteiger partial charge in [-0.1, -0.05) is 17.3 Å². The van der Waals surface area contributed by atoms with Crippen LogP contribution in [-0.2, 0) is 14.9 Å². The topological polar surface area (TPSA) is 91.0 Å². The van der Waals surface area contributed by atoms with E-state index >= 15 is 0 Å². The second kappa shape index (κ2) is 9.62. The molecule has 7 rings (SSSR count). The van der Waals surface area contributed by atoms with E-state index in [0.29, 0.717) is 12.4 Å². The molecule has 1 aromatic heterocycles. The Labute approximate surface area is 216 Å². The fraction of sp³-hybridized carbons (Fsp3) is 0.467. The lowest BCUT2D eigenvalue weighted by molar-refractivity contribution is -0.122. The highest BCUT2D eigenvalue weighted by Crippen LogP contribution is 2.62. The van der Waals surface area contributed by atoms with Crippen molar-refractivity contribution in [1.82, 2.24) is 5.16 Å². The first kappa shape index (κ1) is 24.2. The Balaban J connectivity index is 1.34. The van der Waals surface area contributed by atoms with E-state index < -0.39 is 12.3 Å². The van der Waals surface area contributed by atoms with Gasteiger partial charge in [-0.3, -0.25) is 0 Å². The Morgan fingerprint density at radius 1 is 0.973 bits per heavy atom. The van der Waals surface area contributed by atoms with Gasteiger partial charge in [0.1, 0.15) is 18.1 Å². The molecule has 2 aromatic carbocycles. The summed E-state index contributed by atoms with van der Waals surface area (Å²) in [6, 6.07) is 14.9. The third kappa shape index (κ3) is 4.55. The van der Waals surface area contributed by atoms with Crippen LogP contribution in [-0.4, -0.2) is 43.3 Å². The molecule has 7 nitrogen and oxygen atoms in total. The molecule has 0 saturated heterocycles. The summed E-state index contributed by atoms with van der Waals surface area (Å²) in [5.74, 6) is 2.97. The number of hydrogen-bond acceptors (Lipinski definition) is 6. The summed E-state index contributed by atoms with van der Waals surface area (Å²) in [5.41, 5.74) is 4.17. The SMILES string of the molecule is COC(COc1ccc(-c2cc(-c3ccc(C(=O)O)cc3)on2)cc1C12CC3CC(CC(C3)C1)C2)OC. The first-order valence-corrected chi connectivity index (χ1v) is 13.1. The Morgan fingerprint density at radius 2 is 1.59 bits per heavy atom. The van der Waals surface area contributed by atoms with Crippen LogP contribution in [0.2, 0.25) is 0 Å². The highest BCUT2D eigenvalue weighted by atomic mass is 16.7. The Kier molecular flexibility index (Phi) is 6.29. The fourth-order valence-corrected chi connectivity index (χ4v) is 7.38. The minimum atomic E-state index is -0.952. The molecule has 3 aromatic rings. The Hall–Kier alpha value is -3.16. The number of benzene rings is 2. The number of aromatic carboxylic acids is 1. The lowest BCUT2D eigenvalue weighted by Gasteiger charge is -2.57. The van der Waals surface area contributed by atoms with Gasteiger partial charge >= 0.3 is 5.97 Å². The van der Waals surface area contributed by atoms with Crippen LogP contribution >= 0.6 is 0 Å². The van der Waals surface area contributed by atoms with E-state index in [0.717, 1.165) is 40.3 Å². The van der Waals surface area contributed by atoms with Gasteiger partial charge in [0, 0.05) is 37.0 Å². The van der Waals surface area contributed by atoms with Crippen molar-refractivity contribution in [1.29, 1.82) is 0 Å². The van der Waals surface area contributed by atoms with Crippen LogP contribution in [0, 0.1) is 17.8 Å².